The first-order chi connectivity index (χ1) is 9.88. The molecule has 1 saturated carbocycles. The number of hydrogen-bond acceptors (Lipinski definition) is 4. The van der Waals surface area contributed by atoms with E-state index >= 15 is 0 Å². The van der Waals surface area contributed by atoms with Crippen molar-refractivity contribution in [2.24, 2.45) is 5.92 Å². The number of sulfone groups is 1. The van der Waals surface area contributed by atoms with Crippen LogP contribution in [0.3, 0.4) is 0 Å². The molecule has 0 aromatic heterocycles. The van der Waals surface area contributed by atoms with Crippen LogP contribution >= 0.6 is 11.8 Å². The molecule has 5 heteroatoms. The van der Waals surface area contributed by atoms with Gasteiger partial charge in [-0.25, -0.2) is 8.42 Å². The number of thioether (sulfide) groups is 1. The first-order valence-electron chi connectivity index (χ1n) is 7.43. The predicted octanol–water partition coefficient (Wildman–Crippen LogP) is 3.05. The molecule has 1 N–H and O–H groups in total. The van der Waals surface area contributed by atoms with E-state index in [0.717, 1.165) is 19.3 Å². The summed E-state index contributed by atoms with van der Waals surface area (Å²) in [5, 5.41) is 10.1. The van der Waals surface area contributed by atoms with E-state index < -0.39 is 15.9 Å². The average Bonchev–Trinajstić information content (AvgIpc) is 2.45. The van der Waals surface area contributed by atoms with Crippen LogP contribution in [0.1, 0.15) is 31.2 Å². The lowest BCUT2D eigenvalue weighted by atomic mass is 9.85. The molecule has 1 fully saturated rings. The summed E-state index contributed by atoms with van der Waals surface area (Å²) in [6, 6.07) is 8.14. The lowest BCUT2D eigenvalue weighted by Gasteiger charge is -2.31. The highest BCUT2D eigenvalue weighted by atomic mass is 32.2. The molecule has 3 unspecified atom stereocenters. The third-order valence-corrected chi connectivity index (χ3v) is 7.24. The van der Waals surface area contributed by atoms with Crippen molar-refractivity contribution in [1.82, 2.24) is 0 Å². The molecule has 21 heavy (non-hydrogen) atoms. The Morgan fingerprint density at radius 3 is 2.71 bits per heavy atom. The molecule has 118 valence electrons. The zero-order valence-electron chi connectivity index (χ0n) is 12.7. The summed E-state index contributed by atoms with van der Waals surface area (Å²) in [5.41, 5.74) is 1.22. The third kappa shape index (κ3) is 4.73. The summed E-state index contributed by atoms with van der Waals surface area (Å²) in [7, 11) is -2.98. The average molecular weight is 328 g/mol. The van der Waals surface area contributed by atoms with Crippen molar-refractivity contribution >= 4 is 21.6 Å². The van der Waals surface area contributed by atoms with E-state index in [2.05, 4.69) is 19.1 Å². The number of rotatable bonds is 5. The highest BCUT2D eigenvalue weighted by Crippen LogP contribution is 2.33. The molecule has 1 aromatic rings. The van der Waals surface area contributed by atoms with Crippen LogP contribution in [0.2, 0.25) is 0 Å². The SMILES string of the molecule is Cc1ccccc1SCC(O)C1CCCC(S(C)(=O)=O)C1. The summed E-state index contributed by atoms with van der Waals surface area (Å²) in [5.74, 6) is 0.737. The monoisotopic (exact) mass is 328 g/mol. The molecule has 0 aliphatic heterocycles. The third-order valence-electron chi connectivity index (χ3n) is 4.32. The lowest BCUT2D eigenvalue weighted by molar-refractivity contribution is 0.106. The fourth-order valence-corrected chi connectivity index (χ4v) is 5.23. The van der Waals surface area contributed by atoms with E-state index in [1.165, 1.54) is 16.7 Å². The fraction of sp³-hybridized carbons (Fsp3) is 0.625. The van der Waals surface area contributed by atoms with Gasteiger partial charge < -0.3 is 5.11 Å². The molecular weight excluding hydrogens is 304 g/mol. The van der Waals surface area contributed by atoms with Crippen LogP contribution in [0, 0.1) is 12.8 Å². The summed E-state index contributed by atoms with van der Waals surface area (Å²) in [6.07, 6.45) is 4.06. The van der Waals surface area contributed by atoms with Crippen LogP contribution in [-0.4, -0.2) is 36.9 Å². The van der Waals surface area contributed by atoms with Gasteiger partial charge in [0, 0.05) is 16.9 Å². The Bertz CT molecular complexity index is 569. The number of benzene rings is 1. The maximum atomic E-state index is 11.7. The van der Waals surface area contributed by atoms with Crippen LogP contribution in [0.5, 0.6) is 0 Å². The lowest BCUT2D eigenvalue weighted by Crippen LogP contribution is -2.34. The van der Waals surface area contributed by atoms with Crippen molar-refractivity contribution in [3.63, 3.8) is 0 Å². The van der Waals surface area contributed by atoms with Gasteiger partial charge in [0.15, 0.2) is 0 Å². The van der Waals surface area contributed by atoms with Gasteiger partial charge in [0.25, 0.3) is 0 Å². The Morgan fingerprint density at radius 2 is 2.05 bits per heavy atom. The minimum atomic E-state index is -2.98. The van der Waals surface area contributed by atoms with Crippen LogP contribution in [0.25, 0.3) is 0 Å². The van der Waals surface area contributed by atoms with Crippen molar-refractivity contribution in [2.75, 3.05) is 12.0 Å². The molecule has 0 saturated heterocycles. The second-order valence-electron chi connectivity index (χ2n) is 6.02. The van der Waals surface area contributed by atoms with Crippen molar-refractivity contribution in [1.29, 1.82) is 0 Å². The quantitative estimate of drug-likeness (QED) is 0.844. The van der Waals surface area contributed by atoms with Crippen LogP contribution in [0.4, 0.5) is 0 Å². The Labute approximate surface area is 132 Å². The van der Waals surface area contributed by atoms with E-state index in [9.17, 15) is 13.5 Å². The first kappa shape index (κ1) is 16.8. The number of aliphatic hydroxyl groups excluding tert-OH is 1. The van der Waals surface area contributed by atoms with E-state index in [0.29, 0.717) is 12.2 Å². The largest absolute Gasteiger partial charge is 0.392 e. The van der Waals surface area contributed by atoms with Crippen molar-refractivity contribution in [2.45, 2.75) is 48.9 Å². The summed E-state index contributed by atoms with van der Waals surface area (Å²) >= 11 is 1.66. The van der Waals surface area contributed by atoms with Gasteiger partial charge in [0.2, 0.25) is 0 Å². The molecule has 0 amide bonds. The predicted molar refractivity (Wildman–Crippen MR) is 88.5 cm³/mol. The smallest absolute Gasteiger partial charge is 0.150 e. The molecule has 3 nitrogen and oxygen atoms in total. The van der Waals surface area contributed by atoms with Gasteiger partial charge in [0.1, 0.15) is 9.84 Å². The molecule has 0 radical (unpaired) electrons. The molecule has 1 aliphatic rings. The summed E-state index contributed by atoms with van der Waals surface area (Å²) in [6.45, 7) is 2.06. The molecule has 1 aliphatic carbocycles. The number of hydrogen-bond donors (Lipinski definition) is 1. The fourth-order valence-electron chi connectivity index (χ4n) is 2.95. The topological polar surface area (TPSA) is 54.4 Å². The van der Waals surface area contributed by atoms with Gasteiger partial charge in [-0.05, 0) is 43.7 Å². The Morgan fingerprint density at radius 1 is 1.33 bits per heavy atom. The maximum Gasteiger partial charge on any atom is 0.150 e. The van der Waals surface area contributed by atoms with Gasteiger partial charge in [-0.15, -0.1) is 11.8 Å². The number of aryl methyl sites for hydroxylation is 1. The first-order valence-corrected chi connectivity index (χ1v) is 10.4. The second kappa shape index (κ2) is 7.16. The van der Waals surface area contributed by atoms with E-state index in [1.807, 2.05) is 12.1 Å². The van der Waals surface area contributed by atoms with Crippen molar-refractivity contribution in [3.8, 4) is 0 Å². The highest BCUT2D eigenvalue weighted by Gasteiger charge is 2.32. The molecule has 0 spiro atoms. The molecular formula is C16H24O3S2. The Hall–Kier alpha value is -0.520. The van der Waals surface area contributed by atoms with Crippen LogP contribution in [-0.2, 0) is 9.84 Å². The van der Waals surface area contributed by atoms with Crippen LogP contribution < -0.4 is 0 Å². The van der Waals surface area contributed by atoms with E-state index in [4.69, 9.17) is 0 Å². The minimum absolute atomic E-state index is 0.106. The zero-order chi connectivity index (χ0) is 15.5. The normalized spacial score (nSPS) is 24.7. The van der Waals surface area contributed by atoms with E-state index in [-0.39, 0.29) is 11.2 Å². The molecule has 2 rings (SSSR count). The molecule has 0 heterocycles. The Kier molecular flexibility index (Phi) is 5.74. The van der Waals surface area contributed by atoms with Gasteiger partial charge >= 0.3 is 0 Å². The standard InChI is InChI=1S/C16H24O3S2/c1-12-6-3-4-9-16(12)20-11-15(17)13-7-5-8-14(10-13)21(2,18)19/h3-4,6,9,13-15,17H,5,7-8,10-11H2,1-2H3. The van der Waals surface area contributed by atoms with Gasteiger partial charge in [0.05, 0.1) is 11.4 Å². The number of aliphatic hydroxyl groups is 1. The van der Waals surface area contributed by atoms with Crippen molar-refractivity contribution in [3.05, 3.63) is 29.8 Å². The minimum Gasteiger partial charge on any atom is -0.392 e. The van der Waals surface area contributed by atoms with Crippen molar-refractivity contribution < 1.29 is 13.5 Å². The maximum absolute atomic E-state index is 11.7. The zero-order valence-corrected chi connectivity index (χ0v) is 14.3. The van der Waals surface area contributed by atoms with Gasteiger partial charge in [-0.3, -0.25) is 0 Å². The van der Waals surface area contributed by atoms with Crippen LogP contribution in [0.15, 0.2) is 29.2 Å². The Balaban J connectivity index is 1.91. The van der Waals surface area contributed by atoms with Gasteiger partial charge in [-0.2, -0.15) is 0 Å². The van der Waals surface area contributed by atoms with Gasteiger partial charge in [-0.1, -0.05) is 24.6 Å². The molecule has 1 aromatic carbocycles. The van der Waals surface area contributed by atoms with E-state index in [1.54, 1.807) is 11.8 Å². The summed E-state index contributed by atoms with van der Waals surface area (Å²) < 4.78 is 23.4. The second-order valence-corrected chi connectivity index (χ2v) is 9.41. The molecule has 0 bridgehead atoms. The molecule has 3 atom stereocenters. The highest BCUT2D eigenvalue weighted by molar-refractivity contribution is 7.99. The summed E-state index contributed by atoms with van der Waals surface area (Å²) in [4.78, 5) is 1.19.